The fourth-order valence-corrected chi connectivity index (χ4v) is 6.47. The molecule has 32 heavy (non-hydrogen) atoms. The summed E-state index contributed by atoms with van der Waals surface area (Å²) >= 11 is 0. The van der Waals surface area contributed by atoms with Crippen LogP contribution in [0.15, 0.2) is 103 Å². The van der Waals surface area contributed by atoms with Crippen molar-refractivity contribution in [2.24, 2.45) is 0 Å². The van der Waals surface area contributed by atoms with Crippen molar-refractivity contribution in [1.29, 1.82) is 0 Å². The first-order valence-corrected chi connectivity index (χ1v) is 12.7. The molecule has 0 saturated heterocycles. The van der Waals surface area contributed by atoms with Crippen molar-refractivity contribution >= 4 is 35.2 Å². The summed E-state index contributed by atoms with van der Waals surface area (Å²) in [6, 6.07) is 37.1. The Labute approximate surface area is 194 Å². The quantitative estimate of drug-likeness (QED) is 0.260. The number of hydrogen-bond donors (Lipinski definition) is 0. The Morgan fingerprint density at radius 2 is 1.00 bits per heavy atom. The van der Waals surface area contributed by atoms with E-state index in [2.05, 4.69) is 131 Å². The number of nitrogens with zero attached hydrogens (tertiary/aromatic N) is 1. The van der Waals surface area contributed by atoms with Crippen LogP contribution in [-0.4, -0.2) is 0 Å². The smallest absolute Gasteiger partial charge is 0.0147 e. The zero-order valence-corrected chi connectivity index (χ0v) is 20.3. The maximum absolute atomic E-state index is 5.37. The number of rotatable bonds is 7. The number of hydrogen-bond acceptors (Lipinski definition) is 0. The molecule has 0 aromatic heterocycles. The van der Waals surface area contributed by atoms with E-state index in [0.717, 1.165) is 11.4 Å². The Balaban J connectivity index is 1.87. The molecule has 2 heteroatoms. The third-order valence-corrected chi connectivity index (χ3v) is 8.22. The summed E-state index contributed by atoms with van der Waals surface area (Å²) in [5.74, 6) is 0.841. The highest BCUT2D eigenvalue weighted by Gasteiger charge is 2.17. The molecular formula is C30H31NP-. The molecule has 4 rings (SSSR count). The van der Waals surface area contributed by atoms with Gasteiger partial charge < -0.3 is 5.32 Å². The monoisotopic (exact) mass is 436 g/mol. The van der Waals surface area contributed by atoms with Gasteiger partial charge in [-0.15, -0.1) is 11.4 Å². The number of para-hydroxylation sites is 2. The molecule has 0 aliphatic heterocycles. The molecule has 0 amide bonds. The Hall–Kier alpha value is -2.89. The van der Waals surface area contributed by atoms with Gasteiger partial charge in [-0.05, 0) is 35.7 Å². The summed E-state index contributed by atoms with van der Waals surface area (Å²) in [4.78, 5) is 0. The van der Waals surface area contributed by atoms with Crippen molar-refractivity contribution in [2.45, 2.75) is 39.5 Å². The predicted molar refractivity (Wildman–Crippen MR) is 142 cm³/mol. The number of benzene rings is 4. The molecule has 0 atom stereocenters. The van der Waals surface area contributed by atoms with Gasteiger partial charge in [-0.3, -0.25) is 0 Å². The average molecular weight is 437 g/mol. The Bertz CT molecular complexity index is 1080. The van der Waals surface area contributed by atoms with Crippen LogP contribution in [0.2, 0.25) is 0 Å². The van der Waals surface area contributed by atoms with Crippen molar-refractivity contribution in [2.75, 3.05) is 0 Å². The van der Waals surface area contributed by atoms with Gasteiger partial charge in [0.1, 0.15) is 0 Å². The molecular weight excluding hydrogens is 405 g/mol. The van der Waals surface area contributed by atoms with E-state index in [0.29, 0.717) is 11.8 Å². The normalized spacial score (nSPS) is 11.3. The second-order valence-electron chi connectivity index (χ2n) is 8.70. The lowest BCUT2D eigenvalue weighted by Gasteiger charge is -2.35. The summed E-state index contributed by atoms with van der Waals surface area (Å²) in [7, 11) is -0.707. The molecule has 4 aromatic rings. The van der Waals surface area contributed by atoms with E-state index in [4.69, 9.17) is 5.32 Å². The van der Waals surface area contributed by atoms with Crippen LogP contribution in [0.4, 0.5) is 11.4 Å². The lowest BCUT2D eigenvalue weighted by Crippen LogP contribution is -2.20. The second kappa shape index (κ2) is 10.2. The van der Waals surface area contributed by atoms with Gasteiger partial charge in [0.2, 0.25) is 0 Å². The van der Waals surface area contributed by atoms with Gasteiger partial charge in [-0.2, -0.15) is 0 Å². The molecule has 0 fully saturated rings. The highest BCUT2D eigenvalue weighted by atomic mass is 31.1. The minimum atomic E-state index is -0.707. The summed E-state index contributed by atoms with van der Waals surface area (Å²) in [5, 5.41) is 9.36. The topological polar surface area (TPSA) is 14.1 Å². The molecule has 0 N–H and O–H groups in total. The van der Waals surface area contributed by atoms with Crippen molar-refractivity contribution < 1.29 is 0 Å². The second-order valence-corrected chi connectivity index (χ2v) is 10.9. The highest BCUT2D eigenvalue weighted by molar-refractivity contribution is 7.80. The van der Waals surface area contributed by atoms with Crippen molar-refractivity contribution in [3.63, 3.8) is 0 Å². The molecule has 162 valence electrons. The van der Waals surface area contributed by atoms with E-state index >= 15 is 0 Å². The zero-order chi connectivity index (χ0) is 22.5. The SMILES string of the molecule is CC(C)c1cccc(C(C)C)c1[N-]c1ccccc1P(c1ccccc1)c1ccccc1. The lowest BCUT2D eigenvalue weighted by atomic mass is 9.92. The van der Waals surface area contributed by atoms with Crippen molar-refractivity contribution in [3.8, 4) is 0 Å². The Kier molecular flexibility index (Phi) is 7.08. The molecule has 0 radical (unpaired) electrons. The van der Waals surface area contributed by atoms with Crippen LogP contribution in [0.1, 0.15) is 50.7 Å². The third-order valence-electron chi connectivity index (χ3n) is 5.73. The van der Waals surface area contributed by atoms with Gasteiger partial charge in [-0.25, -0.2) is 0 Å². The molecule has 0 aliphatic carbocycles. The lowest BCUT2D eigenvalue weighted by molar-refractivity contribution is 0.841. The fourth-order valence-electron chi connectivity index (χ4n) is 4.09. The van der Waals surface area contributed by atoms with E-state index in [-0.39, 0.29) is 0 Å². The largest absolute Gasteiger partial charge is 0.657 e. The zero-order valence-electron chi connectivity index (χ0n) is 19.4. The van der Waals surface area contributed by atoms with Crippen LogP contribution < -0.4 is 15.9 Å². The summed E-state index contributed by atoms with van der Waals surface area (Å²) < 4.78 is 0. The minimum absolute atomic E-state index is 0.421. The Morgan fingerprint density at radius 1 is 0.531 bits per heavy atom. The molecule has 0 spiro atoms. The van der Waals surface area contributed by atoms with Crippen LogP contribution in [0.5, 0.6) is 0 Å². The van der Waals surface area contributed by atoms with Gasteiger partial charge in [0, 0.05) is 0 Å². The fraction of sp³-hybridized carbons (Fsp3) is 0.200. The maximum Gasteiger partial charge on any atom is -0.0147 e. The minimum Gasteiger partial charge on any atom is -0.657 e. The average Bonchev–Trinajstić information content (AvgIpc) is 2.81. The van der Waals surface area contributed by atoms with Gasteiger partial charge in [0.25, 0.3) is 0 Å². The van der Waals surface area contributed by atoms with Crippen LogP contribution in [0, 0.1) is 0 Å². The van der Waals surface area contributed by atoms with Crippen LogP contribution >= 0.6 is 7.92 Å². The summed E-state index contributed by atoms with van der Waals surface area (Å²) in [6.07, 6.45) is 0. The standard InChI is InChI=1S/C30H31NP/c1-22(2)26-18-13-19-27(23(3)4)30(26)31-28-20-11-12-21-29(28)32(24-14-7-5-8-15-24)25-16-9-6-10-17-25/h5-23H,1-4H3/q-1. The molecule has 0 aliphatic rings. The van der Waals surface area contributed by atoms with E-state index in [1.165, 1.54) is 27.0 Å². The molecule has 0 saturated carbocycles. The van der Waals surface area contributed by atoms with Gasteiger partial charge >= 0.3 is 0 Å². The molecule has 0 bridgehead atoms. The van der Waals surface area contributed by atoms with Crippen LogP contribution in [-0.2, 0) is 0 Å². The summed E-state index contributed by atoms with van der Waals surface area (Å²) in [5.41, 5.74) is 4.84. The van der Waals surface area contributed by atoms with Gasteiger partial charge in [-0.1, -0.05) is 142 Å². The predicted octanol–water partition coefficient (Wildman–Crippen LogP) is 8.03. The first-order valence-electron chi connectivity index (χ1n) is 11.4. The van der Waals surface area contributed by atoms with Crippen LogP contribution in [0.3, 0.4) is 0 Å². The van der Waals surface area contributed by atoms with Crippen molar-refractivity contribution in [1.82, 2.24) is 0 Å². The molecule has 0 unspecified atom stereocenters. The van der Waals surface area contributed by atoms with Gasteiger partial charge in [0.05, 0.1) is 0 Å². The first kappa shape index (κ1) is 22.3. The molecule has 1 nitrogen and oxygen atoms in total. The van der Waals surface area contributed by atoms with E-state index in [1.54, 1.807) is 0 Å². The first-order chi connectivity index (χ1) is 15.6. The van der Waals surface area contributed by atoms with Gasteiger partial charge in [0.15, 0.2) is 0 Å². The van der Waals surface area contributed by atoms with E-state index in [9.17, 15) is 0 Å². The molecule has 4 aromatic carbocycles. The Morgan fingerprint density at radius 3 is 1.50 bits per heavy atom. The third kappa shape index (κ3) is 4.79. The maximum atomic E-state index is 5.37. The summed E-state index contributed by atoms with van der Waals surface area (Å²) in [6.45, 7) is 9.02. The van der Waals surface area contributed by atoms with E-state index in [1.807, 2.05) is 0 Å². The van der Waals surface area contributed by atoms with Crippen molar-refractivity contribution in [3.05, 3.63) is 120 Å². The molecule has 0 heterocycles. The van der Waals surface area contributed by atoms with E-state index < -0.39 is 7.92 Å². The highest BCUT2D eigenvalue weighted by Crippen LogP contribution is 2.45. The van der Waals surface area contributed by atoms with Crippen LogP contribution in [0.25, 0.3) is 5.32 Å².